The van der Waals surface area contributed by atoms with Crippen LogP contribution in [0.1, 0.15) is 16.7 Å². The van der Waals surface area contributed by atoms with Gasteiger partial charge in [-0.25, -0.2) is 9.59 Å². The van der Waals surface area contributed by atoms with Crippen molar-refractivity contribution in [3.8, 4) is 0 Å². The van der Waals surface area contributed by atoms with Gasteiger partial charge in [0.2, 0.25) is 5.91 Å². The number of ether oxygens (including phenoxy) is 3. The Labute approximate surface area is 221 Å². The number of methoxy groups -OCH3 is 1. The van der Waals surface area contributed by atoms with Crippen molar-refractivity contribution >= 4 is 23.9 Å². The number of esters is 2. The second kappa shape index (κ2) is 14.8. The average Bonchev–Trinajstić information content (AvgIpc) is 2.96. The molecule has 0 radical (unpaired) electrons. The van der Waals surface area contributed by atoms with E-state index in [-0.39, 0.29) is 19.6 Å². The lowest BCUT2D eigenvalue weighted by molar-refractivity contribution is -0.155. The summed E-state index contributed by atoms with van der Waals surface area (Å²) in [5.41, 5.74) is 2.29. The molecule has 0 aliphatic rings. The first-order chi connectivity index (χ1) is 18.5. The van der Waals surface area contributed by atoms with Gasteiger partial charge in [0.05, 0.1) is 7.11 Å². The lowest BCUT2D eigenvalue weighted by Gasteiger charge is -2.21. The highest BCUT2D eigenvalue weighted by Gasteiger charge is 2.33. The number of carbonyl (C=O) groups is 4. The van der Waals surface area contributed by atoms with Crippen molar-refractivity contribution in [2.24, 2.45) is 5.92 Å². The van der Waals surface area contributed by atoms with Crippen LogP contribution in [0, 0.1) is 5.92 Å². The van der Waals surface area contributed by atoms with E-state index in [4.69, 9.17) is 14.2 Å². The van der Waals surface area contributed by atoms with Crippen molar-refractivity contribution in [1.82, 2.24) is 10.6 Å². The highest BCUT2D eigenvalue weighted by atomic mass is 16.6. The second-order valence-corrected chi connectivity index (χ2v) is 8.36. The van der Waals surface area contributed by atoms with E-state index in [9.17, 15) is 19.2 Å². The molecule has 2 amide bonds. The van der Waals surface area contributed by atoms with Crippen molar-refractivity contribution in [1.29, 1.82) is 0 Å². The minimum Gasteiger partial charge on any atom is -0.467 e. The van der Waals surface area contributed by atoms with Gasteiger partial charge in [-0.3, -0.25) is 9.59 Å². The van der Waals surface area contributed by atoms with Gasteiger partial charge in [0.25, 0.3) is 0 Å². The monoisotopic (exact) mass is 518 g/mol. The van der Waals surface area contributed by atoms with Crippen molar-refractivity contribution in [2.45, 2.75) is 25.7 Å². The molecule has 198 valence electrons. The van der Waals surface area contributed by atoms with E-state index in [1.54, 1.807) is 60.7 Å². The molecule has 0 saturated heterocycles. The van der Waals surface area contributed by atoms with Crippen LogP contribution in [0.2, 0.25) is 0 Å². The number of nitrogens with one attached hydrogen (secondary N) is 2. The molecule has 2 N–H and O–H groups in total. The molecule has 0 aliphatic carbocycles. The van der Waals surface area contributed by atoms with Crippen LogP contribution in [-0.2, 0) is 48.2 Å². The molecule has 0 fully saturated rings. The molecular weight excluding hydrogens is 488 g/mol. The van der Waals surface area contributed by atoms with E-state index in [2.05, 4.69) is 10.6 Å². The number of hydrogen-bond donors (Lipinski definition) is 2. The summed E-state index contributed by atoms with van der Waals surface area (Å²) >= 11 is 0. The third-order valence-corrected chi connectivity index (χ3v) is 5.57. The van der Waals surface area contributed by atoms with Crippen LogP contribution in [0.3, 0.4) is 0 Å². The van der Waals surface area contributed by atoms with Crippen LogP contribution < -0.4 is 10.6 Å². The van der Waals surface area contributed by atoms with Gasteiger partial charge >= 0.3 is 18.0 Å². The normalized spacial score (nSPS) is 11.9. The Hall–Kier alpha value is -4.66. The molecule has 38 heavy (non-hydrogen) atoms. The van der Waals surface area contributed by atoms with E-state index in [1.165, 1.54) is 7.11 Å². The summed E-state index contributed by atoms with van der Waals surface area (Å²) in [6.07, 6.45) is -0.659. The van der Waals surface area contributed by atoms with E-state index in [0.29, 0.717) is 0 Å². The van der Waals surface area contributed by atoms with Crippen LogP contribution in [0.5, 0.6) is 0 Å². The van der Waals surface area contributed by atoms with E-state index in [1.807, 2.05) is 30.3 Å². The first-order valence-corrected chi connectivity index (χ1v) is 12.0. The highest BCUT2D eigenvalue weighted by Crippen LogP contribution is 2.09. The van der Waals surface area contributed by atoms with Crippen molar-refractivity contribution in [3.63, 3.8) is 0 Å². The van der Waals surface area contributed by atoms with Gasteiger partial charge in [-0.15, -0.1) is 0 Å². The van der Waals surface area contributed by atoms with Gasteiger partial charge in [-0.1, -0.05) is 91.0 Å². The summed E-state index contributed by atoms with van der Waals surface area (Å²) in [4.78, 5) is 50.8. The van der Waals surface area contributed by atoms with Gasteiger partial charge in [-0.2, -0.15) is 0 Å². The summed E-state index contributed by atoms with van der Waals surface area (Å²) in [6.45, 7) is -0.442. The summed E-state index contributed by atoms with van der Waals surface area (Å²) in [7, 11) is 1.21. The minimum absolute atomic E-state index is 0.0173. The summed E-state index contributed by atoms with van der Waals surface area (Å²) < 4.78 is 15.4. The predicted molar refractivity (Wildman–Crippen MR) is 138 cm³/mol. The largest absolute Gasteiger partial charge is 0.467 e. The summed E-state index contributed by atoms with van der Waals surface area (Å²) in [5.74, 6) is -3.77. The first kappa shape index (κ1) is 27.9. The zero-order valence-corrected chi connectivity index (χ0v) is 21.0. The molecule has 0 aliphatic heterocycles. The third kappa shape index (κ3) is 9.09. The van der Waals surface area contributed by atoms with Crippen LogP contribution in [0.25, 0.3) is 0 Å². The fraction of sp³-hybridized carbons (Fsp3) is 0.241. The standard InChI is InChI=1S/C29H30N2O7/c1-36-28(34)25(17-21-11-5-2-6-12-21)31-26(32)24(27(33)37-19-22-13-7-3-8-14-22)18-30-29(35)38-20-23-15-9-4-10-16-23/h2-16,24-25H,17-20H2,1H3,(H,30,35)(H,31,32)/t24-,25+/m0/s1. The lowest BCUT2D eigenvalue weighted by atomic mass is 10.0. The van der Waals surface area contributed by atoms with Gasteiger partial charge in [-0.05, 0) is 16.7 Å². The second-order valence-electron chi connectivity index (χ2n) is 8.36. The van der Waals surface area contributed by atoms with Gasteiger partial charge in [0, 0.05) is 13.0 Å². The van der Waals surface area contributed by atoms with Crippen LogP contribution in [-0.4, -0.2) is 43.6 Å². The van der Waals surface area contributed by atoms with Gasteiger partial charge < -0.3 is 24.8 Å². The van der Waals surface area contributed by atoms with E-state index < -0.39 is 42.4 Å². The molecule has 3 rings (SSSR count). The van der Waals surface area contributed by atoms with Gasteiger partial charge in [0.1, 0.15) is 19.3 Å². The maximum atomic E-state index is 13.2. The maximum Gasteiger partial charge on any atom is 0.407 e. The first-order valence-electron chi connectivity index (χ1n) is 12.0. The van der Waals surface area contributed by atoms with Gasteiger partial charge in [0.15, 0.2) is 5.92 Å². The summed E-state index contributed by atoms with van der Waals surface area (Å²) in [5, 5.41) is 5.01. The van der Waals surface area contributed by atoms with E-state index >= 15 is 0 Å². The number of carbonyl (C=O) groups excluding carboxylic acids is 4. The molecule has 9 nitrogen and oxygen atoms in total. The zero-order valence-electron chi connectivity index (χ0n) is 21.0. The van der Waals surface area contributed by atoms with Crippen molar-refractivity contribution < 1.29 is 33.4 Å². The van der Waals surface area contributed by atoms with Crippen molar-refractivity contribution in [3.05, 3.63) is 108 Å². The molecular formula is C29H30N2O7. The summed E-state index contributed by atoms with van der Waals surface area (Å²) in [6, 6.07) is 26.0. The number of amides is 2. The Kier molecular flexibility index (Phi) is 10.9. The molecule has 3 aromatic carbocycles. The molecule has 0 aromatic heterocycles. The van der Waals surface area contributed by atoms with Crippen LogP contribution in [0.4, 0.5) is 4.79 Å². The average molecular weight is 519 g/mol. The Balaban J connectivity index is 1.67. The number of rotatable bonds is 12. The molecule has 9 heteroatoms. The maximum absolute atomic E-state index is 13.2. The van der Waals surface area contributed by atoms with Crippen LogP contribution >= 0.6 is 0 Å². The smallest absolute Gasteiger partial charge is 0.407 e. The molecule has 0 bridgehead atoms. The molecule has 0 spiro atoms. The molecule has 3 aromatic rings. The third-order valence-electron chi connectivity index (χ3n) is 5.57. The number of alkyl carbamates (subject to hydrolysis) is 1. The fourth-order valence-electron chi connectivity index (χ4n) is 3.53. The molecule has 0 saturated carbocycles. The lowest BCUT2D eigenvalue weighted by Crippen LogP contribution is -2.50. The zero-order chi connectivity index (χ0) is 27.2. The Morgan fingerprint density at radius 3 is 1.71 bits per heavy atom. The Morgan fingerprint density at radius 2 is 1.18 bits per heavy atom. The fourth-order valence-corrected chi connectivity index (χ4v) is 3.53. The van der Waals surface area contributed by atoms with Crippen molar-refractivity contribution in [2.75, 3.05) is 13.7 Å². The number of hydrogen-bond acceptors (Lipinski definition) is 7. The Morgan fingerprint density at radius 1 is 0.684 bits per heavy atom. The minimum atomic E-state index is -1.44. The highest BCUT2D eigenvalue weighted by molar-refractivity contribution is 6.00. The van der Waals surface area contributed by atoms with Crippen LogP contribution in [0.15, 0.2) is 91.0 Å². The predicted octanol–water partition coefficient (Wildman–Crippen LogP) is 3.17. The van der Waals surface area contributed by atoms with E-state index in [0.717, 1.165) is 16.7 Å². The number of benzene rings is 3. The SMILES string of the molecule is COC(=O)[C@@H](Cc1ccccc1)NC(=O)[C@H](CNC(=O)OCc1ccccc1)C(=O)OCc1ccccc1. The topological polar surface area (TPSA) is 120 Å². The quantitative estimate of drug-likeness (QED) is 0.215. The molecule has 2 atom stereocenters. The molecule has 0 unspecified atom stereocenters. The Bertz CT molecular complexity index is 1190. The molecule has 0 heterocycles.